The molecule has 1 saturated heterocycles. The Morgan fingerprint density at radius 3 is 2.80 bits per heavy atom. The van der Waals surface area contributed by atoms with Crippen LogP contribution in [0.2, 0.25) is 5.02 Å². The fourth-order valence-corrected chi connectivity index (χ4v) is 2.09. The van der Waals surface area contributed by atoms with E-state index >= 15 is 0 Å². The average molecular weight is 297 g/mol. The highest BCUT2D eigenvalue weighted by Gasteiger charge is 2.23. The molecule has 1 unspecified atom stereocenters. The first-order valence-corrected chi connectivity index (χ1v) is 6.79. The summed E-state index contributed by atoms with van der Waals surface area (Å²) in [6.45, 7) is 0.984. The Labute approximate surface area is 122 Å². The highest BCUT2D eigenvalue weighted by molar-refractivity contribution is 6.30. The second-order valence-electron chi connectivity index (χ2n) is 4.81. The number of nitrogens with one attached hydrogen (secondary N) is 1. The van der Waals surface area contributed by atoms with Gasteiger partial charge in [-0.1, -0.05) is 23.7 Å². The van der Waals surface area contributed by atoms with Crippen molar-refractivity contribution in [3.05, 3.63) is 34.9 Å². The summed E-state index contributed by atoms with van der Waals surface area (Å²) in [5, 5.41) is 3.47. The first-order chi connectivity index (χ1) is 9.54. The predicted octanol–water partition coefficient (Wildman–Crippen LogP) is 0.856. The number of benzene rings is 1. The third kappa shape index (κ3) is 4.21. The van der Waals surface area contributed by atoms with Crippen LogP contribution < -0.4 is 5.32 Å². The van der Waals surface area contributed by atoms with E-state index in [2.05, 4.69) is 5.32 Å². The number of ether oxygens (including phenoxy) is 1. The highest BCUT2D eigenvalue weighted by Crippen LogP contribution is 2.10. The van der Waals surface area contributed by atoms with Crippen LogP contribution in [0.3, 0.4) is 0 Å². The van der Waals surface area contributed by atoms with E-state index in [9.17, 15) is 9.59 Å². The van der Waals surface area contributed by atoms with Gasteiger partial charge in [-0.2, -0.15) is 0 Å². The van der Waals surface area contributed by atoms with Crippen LogP contribution in [-0.2, 0) is 20.7 Å². The summed E-state index contributed by atoms with van der Waals surface area (Å²) in [5.74, 6) is -0.107. The zero-order chi connectivity index (χ0) is 14.5. The van der Waals surface area contributed by atoms with Gasteiger partial charge in [-0.15, -0.1) is 0 Å². The highest BCUT2D eigenvalue weighted by atomic mass is 35.5. The van der Waals surface area contributed by atoms with E-state index in [0.717, 1.165) is 5.56 Å². The van der Waals surface area contributed by atoms with Gasteiger partial charge in [-0.3, -0.25) is 9.59 Å². The van der Waals surface area contributed by atoms with Crippen LogP contribution in [0.15, 0.2) is 24.3 Å². The average Bonchev–Trinajstić information content (AvgIpc) is 2.43. The standard InChI is InChI=1S/C14H17ClN2O3/c1-17-8-12(20-9-14(17)19)7-16-13(18)6-10-2-4-11(15)5-3-10/h2-5,12H,6-9H2,1H3,(H,16,18). The van der Waals surface area contributed by atoms with Gasteiger partial charge < -0.3 is 15.0 Å². The maximum atomic E-state index is 11.8. The molecule has 1 aliphatic heterocycles. The van der Waals surface area contributed by atoms with Crippen molar-refractivity contribution in [2.24, 2.45) is 0 Å². The van der Waals surface area contributed by atoms with E-state index in [0.29, 0.717) is 24.5 Å². The summed E-state index contributed by atoms with van der Waals surface area (Å²) in [5.41, 5.74) is 0.906. The molecule has 0 aromatic heterocycles. The lowest BCUT2D eigenvalue weighted by Gasteiger charge is -2.29. The Balaban J connectivity index is 1.75. The molecule has 1 aromatic carbocycles. The van der Waals surface area contributed by atoms with E-state index in [1.54, 1.807) is 24.1 Å². The quantitative estimate of drug-likeness (QED) is 0.896. The van der Waals surface area contributed by atoms with Gasteiger partial charge in [0.25, 0.3) is 0 Å². The van der Waals surface area contributed by atoms with Gasteiger partial charge in [0.05, 0.1) is 12.5 Å². The first-order valence-electron chi connectivity index (χ1n) is 6.41. The van der Waals surface area contributed by atoms with Gasteiger partial charge in [0.15, 0.2) is 0 Å². The van der Waals surface area contributed by atoms with Crippen molar-refractivity contribution in [1.82, 2.24) is 10.2 Å². The van der Waals surface area contributed by atoms with Gasteiger partial charge in [0.1, 0.15) is 6.61 Å². The summed E-state index contributed by atoms with van der Waals surface area (Å²) in [7, 11) is 1.73. The number of rotatable bonds is 4. The van der Waals surface area contributed by atoms with E-state index in [1.165, 1.54) is 0 Å². The summed E-state index contributed by atoms with van der Waals surface area (Å²) >= 11 is 5.79. The molecule has 20 heavy (non-hydrogen) atoms. The molecule has 2 amide bonds. The lowest BCUT2D eigenvalue weighted by atomic mass is 10.1. The van der Waals surface area contributed by atoms with Gasteiger partial charge in [-0.25, -0.2) is 0 Å². The zero-order valence-electron chi connectivity index (χ0n) is 11.3. The number of amides is 2. The zero-order valence-corrected chi connectivity index (χ0v) is 12.0. The number of hydrogen-bond acceptors (Lipinski definition) is 3. The van der Waals surface area contributed by atoms with Gasteiger partial charge >= 0.3 is 0 Å². The van der Waals surface area contributed by atoms with Gasteiger partial charge in [0.2, 0.25) is 11.8 Å². The molecule has 1 N–H and O–H groups in total. The Kier molecular flexibility index (Phi) is 4.98. The molecule has 6 heteroatoms. The minimum absolute atomic E-state index is 0.0336. The molecular weight excluding hydrogens is 280 g/mol. The molecule has 1 aliphatic rings. The third-order valence-electron chi connectivity index (χ3n) is 3.15. The topological polar surface area (TPSA) is 58.6 Å². The minimum Gasteiger partial charge on any atom is -0.365 e. The van der Waals surface area contributed by atoms with Crippen molar-refractivity contribution < 1.29 is 14.3 Å². The number of likely N-dealkylation sites (N-methyl/N-ethyl adjacent to an activating group) is 1. The van der Waals surface area contributed by atoms with Crippen LogP contribution in [0.4, 0.5) is 0 Å². The van der Waals surface area contributed by atoms with Crippen molar-refractivity contribution in [3.63, 3.8) is 0 Å². The molecule has 1 atom stereocenters. The van der Waals surface area contributed by atoms with E-state index in [4.69, 9.17) is 16.3 Å². The Hall–Kier alpha value is -1.59. The van der Waals surface area contributed by atoms with Crippen molar-refractivity contribution in [3.8, 4) is 0 Å². The first kappa shape index (κ1) is 14.8. The molecule has 5 nitrogen and oxygen atoms in total. The maximum Gasteiger partial charge on any atom is 0.248 e. The summed E-state index contributed by atoms with van der Waals surface area (Å²) in [4.78, 5) is 24.7. The number of carbonyl (C=O) groups is 2. The molecule has 0 radical (unpaired) electrons. The smallest absolute Gasteiger partial charge is 0.248 e. The molecule has 0 aliphatic carbocycles. The Bertz CT molecular complexity index is 490. The minimum atomic E-state index is -0.146. The molecule has 0 spiro atoms. The van der Waals surface area contributed by atoms with Crippen molar-refractivity contribution in [1.29, 1.82) is 0 Å². The second kappa shape index (κ2) is 6.72. The Morgan fingerprint density at radius 1 is 1.45 bits per heavy atom. The molecule has 108 valence electrons. The number of carbonyl (C=O) groups excluding carboxylic acids is 2. The monoisotopic (exact) mass is 296 g/mol. The predicted molar refractivity (Wildman–Crippen MR) is 75.5 cm³/mol. The molecule has 1 heterocycles. The molecule has 0 bridgehead atoms. The largest absolute Gasteiger partial charge is 0.365 e. The van der Waals surface area contributed by atoms with Crippen LogP contribution in [0.5, 0.6) is 0 Å². The number of morpholine rings is 1. The number of halogens is 1. The van der Waals surface area contributed by atoms with Gasteiger partial charge in [-0.05, 0) is 17.7 Å². The SMILES string of the molecule is CN1CC(CNC(=O)Cc2ccc(Cl)cc2)OCC1=O. The van der Waals surface area contributed by atoms with Crippen molar-refractivity contribution >= 4 is 23.4 Å². The van der Waals surface area contributed by atoms with Crippen LogP contribution in [0, 0.1) is 0 Å². The molecule has 2 rings (SSSR count). The molecule has 1 fully saturated rings. The summed E-state index contributed by atoms with van der Waals surface area (Å²) < 4.78 is 5.35. The van der Waals surface area contributed by atoms with Crippen LogP contribution in [0.1, 0.15) is 5.56 Å². The number of hydrogen-bond donors (Lipinski definition) is 1. The Morgan fingerprint density at radius 2 is 2.15 bits per heavy atom. The normalized spacial score (nSPS) is 19.0. The lowest BCUT2D eigenvalue weighted by Crippen LogP contribution is -2.48. The third-order valence-corrected chi connectivity index (χ3v) is 3.40. The lowest BCUT2D eigenvalue weighted by molar-refractivity contribution is -0.146. The van der Waals surface area contributed by atoms with Gasteiger partial charge in [0, 0.05) is 25.2 Å². The number of nitrogens with zero attached hydrogens (tertiary/aromatic N) is 1. The molecule has 0 saturated carbocycles. The fraction of sp³-hybridized carbons (Fsp3) is 0.429. The van der Waals surface area contributed by atoms with E-state index in [-0.39, 0.29) is 24.5 Å². The molecule has 1 aromatic rings. The fourth-order valence-electron chi connectivity index (χ4n) is 1.96. The van der Waals surface area contributed by atoms with E-state index < -0.39 is 0 Å². The summed E-state index contributed by atoms with van der Waals surface area (Å²) in [6, 6.07) is 7.17. The summed E-state index contributed by atoms with van der Waals surface area (Å²) in [6.07, 6.45) is 0.158. The van der Waals surface area contributed by atoms with Crippen LogP contribution in [0.25, 0.3) is 0 Å². The molecular formula is C14H17ClN2O3. The van der Waals surface area contributed by atoms with Crippen LogP contribution in [-0.4, -0.2) is 49.6 Å². The van der Waals surface area contributed by atoms with Crippen molar-refractivity contribution in [2.45, 2.75) is 12.5 Å². The maximum absolute atomic E-state index is 11.8. The van der Waals surface area contributed by atoms with Crippen molar-refractivity contribution in [2.75, 3.05) is 26.7 Å². The van der Waals surface area contributed by atoms with E-state index in [1.807, 2.05) is 12.1 Å². The van der Waals surface area contributed by atoms with Crippen LogP contribution >= 0.6 is 11.6 Å². The second-order valence-corrected chi connectivity index (χ2v) is 5.25.